The van der Waals surface area contributed by atoms with Gasteiger partial charge in [-0.25, -0.2) is 17.6 Å². The van der Waals surface area contributed by atoms with E-state index in [4.69, 9.17) is 5.11 Å². The molecule has 10 heteroatoms. The largest absolute Gasteiger partial charge is 0.465 e. The van der Waals surface area contributed by atoms with Crippen molar-refractivity contribution in [3.63, 3.8) is 0 Å². The van der Waals surface area contributed by atoms with Crippen LogP contribution in [0.15, 0.2) is 29.3 Å². The van der Waals surface area contributed by atoms with Crippen molar-refractivity contribution in [2.75, 3.05) is 19.3 Å². The Balaban J connectivity index is 1.88. The third kappa shape index (κ3) is 4.36. The van der Waals surface area contributed by atoms with E-state index < -0.39 is 21.7 Å². The minimum Gasteiger partial charge on any atom is -0.465 e. The Kier molecular flexibility index (Phi) is 5.94. The van der Waals surface area contributed by atoms with E-state index in [1.807, 2.05) is 0 Å². The quantitative estimate of drug-likeness (QED) is 0.793. The molecule has 0 bridgehead atoms. The van der Waals surface area contributed by atoms with Crippen LogP contribution in [0.3, 0.4) is 0 Å². The van der Waals surface area contributed by atoms with Gasteiger partial charge in [0.2, 0.25) is 0 Å². The Hall–Kier alpha value is -3.19. The van der Waals surface area contributed by atoms with Gasteiger partial charge in [-0.15, -0.1) is 0 Å². The zero-order valence-corrected chi connectivity index (χ0v) is 17.4. The molecule has 1 aromatic carbocycles. The Morgan fingerprint density at radius 2 is 2.03 bits per heavy atom. The maximum absolute atomic E-state index is 14.5. The van der Waals surface area contributed by atoms with E-state index in [1.54, 1.807) is 17.7 Å². The SMILES string of the molecule is C/C(=C\c1cnn(C2CCN(C(=O)O)CC2)c1C#N)c1ccc(S(C)(=O)=O)cc1F. The molecular weight excluding hydrogens is 411 g/mol. The third-order valence-corrected chi connectivity index (χ3v) is 6.29. The second-order valence-electron chi connectivity index (χ2n) is 7.25. The average Bonchev–Trinajstić information content (AvgIpc) is 3.09. The van der Waals surface area contributed by atoms with Crippen molar-refractivity contribution in [3.8, 4) is 6.07 Å². The molecule has 2 heterocycles. The van der Waals surface area contributed by atoms with Crippen LogP contribution in [0.1, 0.15) is 42.6 Å². The number of rotatable bonds is 4. The highest BCUT2D eigenvalue weighted by atomic mass is 32.2. The number of piperidine rings is 1. The molecule has 0 unspecified atom stereocenters. The number of amides is 1. The van der Waals surface area contributed by atoms with Crippen LogP contribution in [0, 0.1) is 17.1 Å². The van der Waals surface area contributed by atoms with Crippen molar-refractivity contribution >= 4 is 27.6 Å². The van der Waals surface area contributed by atoms with Crippen molar-refractivity contribution in [1.82, 2.24) is 14.7 Å². The normalized spacial score (nSPS) is 15.8. The Morgan fingerprint density at radius 3 is 2.57 bits per heavy atom. The highest BCUT2D eigenvalue weighted by Gasteiger charge is 2.26. The van der Waals surface area contributed by atoms with Gasteiger partial charge < -0.3 is 10.0 Å². The highest BCUT2D eigenvalue weighted by Crippen LogP contribution is 2.28. The fourth-order valence-corrected chi connectivity index (χ4v) is 4.17. The van der Waals surface area contributed by atoms with Gasteiger partial charge in [0.05, 0.1) is 17.1 Å². The number of allylic oxidation sites excluding steroid dienone is 1. The van der Waals surface area contributed by atoms with E-state index in [0.717, 1.165) is 12.3 Å². The maximum atomic E-state index is 14.5. The smallest absolute Gasteiger partial charge is 0.407 e. The molecular formula is C20H21FN4O4S. The number of carbonyl (C=O) groups is 1. The predicted molar refractivity (Wildman–Crippen MR) is 108 cm³/mol. The highest BCUT2D eigenvalue weighted by molar-refractivity contribution is 7.90. The van der Waals surface area contributed by atoms with Crippen molar-refractivity contribution in [2.45, 2.75) is 30.7 Å². The van der Waals surface area contributed by atoms with Gasteiger partial charge in [-0.1, -0.05) is 6.07 Å². The van der Waals surface area contributed by atoms with Crippen LogP contribution in [0.4, 0.5) is 9.18 Å². The molecule has 3 rings (SSSR count). The Morgan fingerprint density at radius 1 is 1.37 bits per heavy atom. The molecule has 158 valence electrons. The minimum atomic E-state index is -3.51. The molecule has 0 spiro atoms. The molecule has 0 aliphatic carbocycles. The van der Waals surface area contributed by atoms with Crippen LogP contribution in [0.2, 0.25) is 0 Å². The fraction of sp³-hybridized carbons (Fsp3) is 0.350. The summed E-state index contributed by atoms with van der Waals surface area (Å²) in [5.74, 6) is -0.668. The number of sulfone groups is 1. The fourth-order valence-electron chi connectivity index (χ4n) is 3.53. The van der Waals surface area contributed by atoms with Crippen molar-refractivity contribution < 1.29 is 22.7 Å². The maximum Gasteiger partial charge on any atom is 0.407 e. The van der Waals surface area contributed by atoms with Crippen molar-refractivity contribution in [2.24, 2.45) is 0 Å². The molecule has 0 radical (unpaired) electrons. The second kappa shape index (κ2) is 8.28. The number of halogens is 1. The lowest BCUT2D eigenvalue weighted by Crippen LogP contribution is -2.38. The second-order valence-corrected chi connectivity index (χ2v) is 9.26. The van der Waals surface area contributed by atoms with Gasteiger partial charge in [0.15, 0.2) is 9.84 Å². The van der Waals surface area contributed by atoms with E-state index >= 15 is 0 Å². The lowest BCUT2D eigenvalue weighted by Gasteiger charge is -2.30. The van der Waals surface area contributed by atoms with E-state index in [2.05, 4.69) is 11.2 Å². The molecule has 1 fully saturated rings. The Bertz CT molecular complexity index is 1160. The lowest BCUT2D eigenvalue weighted by molar-refractivity contribution is 0.123. The molecule has 2 aromatic rings. The monoisotopic (exact) mass is 432 g/mol. The van der Waals surface area contributed by atoms with Gasteiger partial charge in [0, 0.05) is 30.5 Å². The number of carboxylic acid groups (broad SMARTS) is 1. The average molecular weight is 432 g/mol. The summed E-state index contributed by atoms with van der Waals surface area (Å²) in [5.41, 5.74) is 1.58. The summed E-state index contributed by atoms with van der Waals surface area (Å²) in [6, 6.07) is 5.76. The van der Waals surface area contributed by atoms with Crippen LogP contribution in [0.5, 0.6) is 0 Å². The topological polar surface area (TPSA) is 116 Å². The summed E-state index contributed by atoms with van der Waals surface area (Å²) in [4.78, 5) is 12.3. The number of hydrogen-bond acceptors (Lipinski definition) is 5. The molecule has 1 N–H and O–H groups in total. The van der Waals surface area contributed by atoms with Gasteiger partial charge in [-0.05, 0) is 43.5 Å². The zero-order chi connectivity index (χ0) is 22.1. The molecule has 1 aliphatic heterocycles. The number of hydrogen-bond donors (Lipinski definition) is 1. The zero-order valence-electron chi connectivity index (χ0n) is 16.5. The number of aromatic nitrogens is 2. The molecule has 0 saturated carbocycles. The first-order valence-corrected chi connectivity index (χ1v) is 11.1. The van der Waals surface area contributed by atoms with Gasteiger partial charge in [-0.2, -0.15) is 10.4 Å². The van der Waals surface area contributed by atoms with Gasteiger partial charge in [-0.3, -0.25) is 4.68 Å². The Labute approximate surface area is 173 Å². The molecule has 1 amide bonds. The summed E-state index contributed by atoms with van der Waals surface area (Å²) in [6.45, 7) is 2.40. The molecule has 8 nitrogen and oxygen atoms in total. The molecule has 30 heavy (non-hydrogen) atoms. The van der Waals surface area contributed by atoms with Gasteiger partial charge in [0.25, 0.3) is 0 Å². The molecule has 1 aromatic heterocycles. The van der Waals surface area contributed by atoms with Gasteiger partial charge >= 0.3 is 6.09 Å². The summed E-state index contributed by atoms with van der Waals surface area (Å²) < 4.78 is 39.2. The van der Waals surface area contributed by atoms with E-state index in [1.165, 1.54) is 23.2 Å². The van der Waals surface area contributed by atoms with Crippen molar-refractivity contribution in [1.29, 1.82) is 5.26 Å². The van der Waals surface area contributed by atoms with Crippen LogP contribution in [0.25, 0.3) is 11.6 Å². The van der Waals surface area contributed by atoms with Crippen LogP contribution in [-0.4, -0.2) is 53.6 Å². The van der Waals surface area contributed by atoms with E-state index in [-0.39, 0.29) is 16.5 Å². The summed E-state index contributed by atoms with van der Waals surface area (Å²) in [7, 11) is -3.51. The third-order valence-electron chi connectivity index (χ3n) is 5.18. The minimum absolute atomic E-state index is 0.0940. The number of benzene rings is 1. The van der Waals surface area contributed by atoms with Crippen LogP contribution < -0.4 is 0 Å². The molecule has 0 atom stereocenters. The number of nitriles is 1. The van der Waals surface area contributed by atoms with Crippen molar-refractivity contribution in [3.05, 3.63) is 47.0 Å². The van der Waals surface area contributed by atoms with Crippen LogP contribution >= 0.6 is 0 Å². The summed E-state index contributed by atoms with van der Waals surface area (Å²) >= 11 is 0. The summed E-state index contributed by atoms with van der Waals surface area (Å²) in [5, 5.41) is 23.0. The standard InChI is InChI=1S/C20H21FN4O4S/c1-13(17-4-3-16(10-18(17)21)30(2,28)29)9-14-12-23-25(19(14)11-22)15-5-7-24(8-6-15)20(26)27/h3-4,9-10,12,15H,5-8H2,1-2H3,(H,26,27)/b13-9+. The first kappa shape index (κ1) is 21.5. The number of likely N-dealkylation sites (tertiary alicyclic amines) is 1. The first-order chi connectivity index (χ1) is 14.1. The van der Waals surface area contributed by atoms with E-state index in [9.17, 15) is 22.9 Å². The summed E-state index contributed by atoms with van der Waals surface area (Å²) in [6.07, 6.45) is 4.30. The van der Waals surface area contributed by atoms with Gasteiger partial charge in [0.1, 0.15) is 17.6 Å². The van der Waals surface area contributed by atoms with Crippen LogP contribution in [-0.2, 0) is 9.84 Å². The van der Waals surface area contributed by atoms with E-state index in [0.29, 0.717) is 42.8 Å². The lowest BCUT2D eigenvalue weighted by atomic mass is 10.0. The predicted octanol–water partition coefficient (Wildman–Crippen LogP) is 3.17. The molecule has 1 saturated heterocycles. The number of nitrogens with zero attached hydrogens (tertiary/aromatic N) is 4. The molecule has 1 aliphatic rings. The first-order valence-electron chi connectivity index (χ1n) is 9.25.